The SMILES string of the molecule is C=CCN1C(=O)CC2(C)CCCC(Br)=C12. The number of rotatable bonds is 2. The van der Waals surface area contributed by atoms with Gasteiger partial charge in [-0.05, 0) is 19.3 Å². The summed E-state index contributed by atoms with van der Waals surface area (Å²) in [4.78, 5) is 13.8. The van der Waals surface area contributed by atoms with E-state index in [1.165, 1.54) is 16.6 Å². The van der Waals surface area contributed by atoms with Crippen LogP contribution in [-0.2, 0) is 4.79 Å². The van der Waals surface area contributed by atoms with Gasteiger partial charge in [-0.2, -0.15) is 0 Å². The van der Waals surface area contributed by atoms with E-state index in [9.17, 15) is 4.79 Å². The average Bonchev–Trinajstić information content (AvgIpc) is 2.39. The third kappa shape index (κ3) is 1.67. The highest BCUT2D eigenvalue weighted by Crippen LogP contribution is 2.51. The Bertz CT molecular complexity index is 348. The standard InChI is InChI=1S/C12H16BrNO/c1-3-7-14-10(15)8-12(2)6-4-5-9(13)11(12)14/h3H,1,4-8H2,2H3. The Hall–Kier alpha value is -0.570. The van der Waals surface area contributed by atoms with Gasteiger partial charge < -0.3 is 4.90 Å². The Labute approximate surface area is 99.2 Å². The quantitative estimate of drug-likeness (QED) is 0.705. The second-order valence-electron chi connectivity index (χ2n) is 4.64. The summed E-state index contributed by atoms with van der Waals surface area (Å²) in [5, 5.41) is 0. The van der Waals surface area contributed by atoms with Crippen molar-refractivity contribution in [3.8, 4) is 0 Å². The van der Waals surface area contributed by atoms with Crippen molar-refractivity contribution in [1.29, 1.82) is 0 Å². The fraction of sp³-hybridized carbons (Fsp3) is 0.583. The number of allylic oxidation sites excluding steroid dienone is 2. The first-order valence-electron chi connectivity index (χ1n) is 5.39. The highest BCUT2D eigenvalue weighted by Gasteiger charge is 2.46. The van der Waals surface area contributed by atoms with Crippen LogP contribution in [0.3, 0.4) is 0 Å². The van der Waals surface area contributed by atoms with Gasteiger partial charge in [0.1, 0.15) is 0 Å². The van der Waals surface area contributed by atoms with Gasteiger partial charge in [0.15, 0.2) is 0 Å². The molecule has 1 heterocycles. The van der Waals surface area contributed by atoms with E-state index in [1.807, 2.05) is 4.90 Å². The molecule has 0 aromatic carbocycles. The minimum Gasteiger partial charge on any atom is -0.311 e. The summed E-state index contributed by atoms with van der Waals surface area (Å²) in [6.45, 7) is 6.55. The van der Waals surface area contributed by atoms with Crippen molar-refractivity contribution >= 4 is 21.8 Å². The number of hydrogen-bond acceptors (Lipinski definition) is 1. The predicted molar refractivity (Wildman–Crippen MR) is 64.4 cm³/mol. The summed E-state index contributed by atoms with van der Waals surface area (Å²) in [6, 6.07) is 0. The van der Waals surface area contributed by atoms with Crippen molar-refractivity contribution in [1.82, 2.24) is 4.90 Å². The molecule has 2 aliphatic rings. The first kappa shape index (κ1) is 10.9. The molecule has 3 heteroatoms. The van der Waals surface area contributed by atoms with Crippen molar-refractivity contribution in [2.75, 3.05) is 6.54 Å². The zero-order valence-corrected chi connectivity index (χ0v) is 10.6. The van der Waals surface area contributed by atoms with E-state index >= 15 is 0 Å². The molecule has 1 fully saturated rings. The molecule has 2 nitrogen and oxygen atoms in total. The van der Waals surface area contributed by atoms with E-state index in [0.29, 0.717) is 13.0 Å². The van der Waals surface area contributed by atoms with Crippen LogP contribution in [0.2, 0.25) is 0 Å². The maximum absolute atomic E-state index is 11.9. The van der Waals surface area contributed by atoms with Crippen molar-refractivity contribution in [3.05, 3.63) is 22.8 Å². The van der Waals surface area contributed by atoms with Gasteiger partial charge in [-0.15, -0.1) is 6.58 Å². The molecule has 0 spiro atoms. The lowest BCUT2D eigenvalue weighted by Crippen LogP contribution is -2.27. The van der Waals surface area contributed by atoms with Gasteiger partial charge in [0.25, 0.3) is 0 Å². The first-order chi connectivity index (χ1) is 7.08. The molecule has 2 rings (SSSR count). The fourth-order valence-corrected chi connectivity index (χ4v) is 3.69. The number of carbonyl (C=O) groups is 1. The van der Waals surface area contributed by atoms with Crippen molar-refractivity contribution in [2.45, 2.75) is 32.6 Å². The maximum Gasteiger partial charge on any atom is 0.228 e. The molecule has 0 radical (unpaired) electrons. The highest BCUT2D eigenvalue weighted by atomic mass is 79.9. The molecule has 15 heavy (non-hydrogen) atoms. The first-order valence-corrected chi connectivity index (χ1v) is 6.18. The van der Waals surface area contributed by atoms with E-state index in [1.54, 1.807) is 6.08 Å². The molecular weight excluding hydrogens is 254 g/mol. The zero-order chi connectivity index (χ0) is 11.1. The van der Waals surface area contributed by atoms with Crippen LogP contribution in [0.25, 0.3) is 0 Å². The Morgan fingerprint density at radius 2 is 2.40 bits per heavy atom. The summed E-state index contributed by atoms with van der Waals surface area (Å²) < 4.78 is 1.21. The van der Waals surface area contributed by atoms with Crippen molar-refractivity contribution in [3.63, 3.8) is 0 Å². The number of likely N-dealkylation sites (tertiary alicyclic amines) is 1. The largest absolute Gasteiger partial charge is 0.311 e. The minimum absolute atomic E-state index is 0.0666. The van der Waals surface area contributed by atoms with Gasteiger partial charge in [0.2, 0.25) is 5.91 Å². The van der Waals surface area contributed by atoms with Gasteiger partial charge in [-0.1, -0.05) is 28.9 Å². The Kier molecular flexibility index (Phi) is 2.75. The van der Waals surface area contributed by atoms with Gasteiger partial charge in [-0.3, -0.25) is 4.79 Å². The molecule has 1 aliphatic heterocycles. The molecule has 1 atom stereocenters. The van der Waals surface area contributed by atoms with Crippen molar-refractivity contribution < 1.29 is 4.79 Å². The van der Waals surface area contributed by atoms with Crippen LogP contribution in [-0.4, -0.2) is 17.4 Å². The molecule has 0 aromatic rings. The molecule has 1 aliphatic carbocycles. The lowest BCUT2D eigenvalue weighted by atomic mass is 9.77. The second kappa shape index (κ2) is 3.78. The highest BCUT2D eigenvalue weighted by molar-refractivity contribution is 9.11. The number of amides is 1. The van der Waals surface area contributed by atoms with Crippen LogP contribution in [0.1, 0.15) is 32.6 Å². The number of nitrogens with zero attached hydrogens (tertiary/aromatic N) is 1. The molecule has 1 amide bonds. The lowest BCUT2D eigenvalue weighted by molar-refractivity contribution is -0.126. The number of hydrogen-bond donors (Lipinski definition) is 0. The van der Waals surface area contributed by atoms with Gasteiger partial charge >= 0.3 is 0 Å². The van der Waals surface area contributed by atoms with Gasteiger partial charge in [0, 0.05) is 28.6 Å². The van der Waals surface area contributed by atoms with Crippen LogP contribution in [0.4, 0.5) is 0 Å². The molecule has 0 saturated carbocycles. The molecule has 1 saturated heterocycles. The van der Waals surface area contributed by atoms with E-state index in [2.05, 4.69) is 29.4 Å². The van der Waals surface area contributed by atoms with E-state index in [0.717, 1.165) is 12.8 Å². The predicted octanol–water partition coefficient (Wildman–Crippen LogP) is 3.20. The third-order valence-electron chi connectivity index (χ3n) is 3.38. The molecule has 82 valence electrons. The molecule has 0 N–H and O–H groups in total. The summed E-state index contributed by atoms with van der Waals surface area (Å²) in [6.07, 6.45) is 5.81. The third-order valence-corrected chi connectivity index (χ3v) is 4.15. The number of carbonyl (C=O) groups excluding carboxylic acids is 1. The second-order valence-corrected chi connectivity index (χ2v) is 5.59. The van der Waals surface area contributed by atoms with Crippen LogP contribution in [0.15, 0.2) is 22.8 Å². The molecule has 0 aromatic heterocycles. The summed E-state index contributed by atoms with van der Waals surface area (Å²) in [7, 11) is 0. The van der Waals surface area contributed by atoms with E-state index in [-0.39, 0.29) is 11.3 Å². The Morgan fingerprint density at radius 3 is 3.07 bits per heavy atom. The molecule has 0 bridgehead atoms. The lowest BCUT2D eigenvalue weighted by Gasteiger charge is -2.32. The normalized spacial score (nSPS) is 30.8. The van der Waals surface area contributed by atoms with Crippen molar-refractivity contribution in [2.24, 2.45) is 5.41 Å². The smallest absolute Gasteiger partial charge is 0.228 e. The summed E-state index contributed by atoms with van der Waals surface area (Å²) >= 11 is 3.62. The fourth-order valence-electron chi connectivity index (χ4n) is 2.72. The zero-order valence-electron chi connectivity index (χ0n) is 9.05. The van der Waals surface area contributed by atoms with E-state index < -0.39 is 0 Å². The maximum atomic E-state index is 11.9. The Morgan fingerprint density at radius 1 is 1.67 bits per heavy atom. The average molecular weight is 270 g/mol. The number of halogens is 1. The van der Waals surface area contributed by atoms with Crippen LogP contribution < -0.4 is 0 Å². The molecular formula is C12H16BrNO. The minimum atomic E-state index is 0.0666. The van der Waals surface area contributed by atoms with E-state index in [4.69, 9.17) is 0 Å². The monoisotopic (exact) mass is 269 g/mol. The van der Waals surface area contributed by atoms with Crippen LogP contribution in [0, 0.1) is 5.41 Å². The molecule has 1 unspecified atom stereocenters. The summed E-state index contributed by atoms with van der Waals surface area (Å²) in [5.41, 5.74) is 1.27. The van der Waals surface area contributed by atoms with Gasteiger partial charge in [-0.25, -0.2) is 0 Å². The Balaban J connectivity index is 2.42. The van der Waals surface area contributed by atoms with Gasteiger partial charge in [0.05, 0.1) is 0 Å². The number of fused-ring (bicyclic) bond motifs is 1. The topological polar surface area (TPSA) is 20.3 Å². The van der Waals surface area contributed by atoms with Crippen LogP contribution >= 0.6 is 15.9 Å². The summed E-state index contributed by atoms with van der Waals surface area (Å²) in [5.74, 6) is 0.242. The van der Waals surface area contributed by atoms with Crippen LogP contribution in [0.5, 0.6) is 0 Å².